The number of aromatic nitrogens is 3. The molecule has 2 N–H and O–H groups in total. The SMILES string of the molecule is CCCCc1nc2c(N)nc3ccccc3c2n1CCN1CCN(C(C)(C)C)CC1. The Morgan fingerprint density at radius 1 is 1.00 bits per heavy atom. The number of hydrogen-bond acceptors (Lipinski definition) is 5. The third kappa shape index (κ3) is 4.16. The van der Waals surface area contributed by atoms with Crippen molar-refractivity contribution in [3.05, 3.63) is 30.1 Å². The smallest absolute Gasteiger partial charge is 0.152 e. The summed E-state index contributed by atoms with van der Waals surface area (Å²) in [5.41, 5.74) is 9.54. The molecule has 6 heteroatoms. The van der Waals surface area contributed by atoms with Crippen LogP contribution in [0.5, 0.6) is 0 Å². The number of piperazine rings is 1. The quantitative estimate of drug-likeness (QED) is 0.670. The van der Waals surface area contributed by atoms with Crippen molar-refractivity contribution < 1.29 is 0 Å². The van der Waals surface area contributed by atoms with Gasteiger partial charge < -0.3 is 10.3 Å². The van der Waals surface area contributed by atoms with Crippen LogP contribution in [0.4, 0.5) is 5.82 Å². The molecule has 4 rings (SSSR count). The minimum Gasteiger partial charge on any atom is -0.382 e. The standard InChI is InChI=1S/C24H36N6/c1-5-6-11-20-27-21-22(18-9-7-8-10-19(18)26-23(21)25)30(20)17-14-28-12-15-29(16-13-28)24(2,3)4/h7-10H,5-6,11-17H2,1-4H3,(H2,25,26). The molecule has 0 saturated carbocycles. The van der Waals surface area contributed by atoms with Gasteiger partial charge in [0.2, 0.25) is 0 Å². The summed E-state index contributed by atoms with van der Waals surface area (Å²) < 4.78 is 2.42. The van der Waals surface area contributed by atoms with Crippen LogP contribution < -0.4 is 5.73 Å². The lowest BCUT2D eigenvalue weighted by Crippen LogP contribution is -2.53. The number of hydrogen-bond donors (Lipinski definition) is 1. The van der Waals surface area contributed by atoms with Crippen LogP contribution in [0.1, 0.15) is 46.4 Å². The van der Waals surface area contributed by atoms with Crippen molar-refractivity contribution in [2.45, 2.75) is 59.0 Å². The fourth-order valence-corrected chi connectivity index (χ4v) is 4.56. The van der Waals surface area contributed by atoms with Gasteiger partial charge in [0.15, 0.2) is 5.82 Å². The lowest BCUT2D eigenvalue weighted by Gasteiger charge is -2.42. The van der Waals surface area contributed by atoms with Crippen molar-refractivity contribution in [1.82, 2.24) is 24.3 Å². The highest BCUT2D eigenvalue weighted by molar-refractivity contribution is 6.06. The molecule has 0 unspecified atom stereocenters. The molecule has 3 heterocycles. The Labute approximate surface area is 180 Å². The van der Waals surface area contributed by atoms with E-state index in [1.54, 1.807) is 0 Å². The van der Waals surface area contributed by atoms with Crippen LogP contribution in [-0.4, -0.2) is 62.6 Å². The Bertz CT molecular complexity index is 1010. The number of fused-ring (bicyclic) bond motifs is 3. The second-order valence-electron chi connectivity index (χ2n) is 9.49. The van der Waals surface area contributed by atoms with Crippen molar-refractivity contribution in [3.63, 3.8) is 0 Å². The zero-order valence-electron chi connectivity index (χ0n) is 19.0. The summed E-state index contributed by atoms with van der Waals surface area (Å²) in [6.45, 7) is 15.7. The van der Waals surface area contributed by atoms with Gasteiger partial charge in [-0.3, -0.25) is 9.80 Å². The Kier molecular flexibility index (Phi) is 5.98. The maximum atomic E-state index is 6.33. The maximum absolute atomic E-state index is 6.33. The fraction of sp³-hybridized carbons (Fsp3) is 0.583. The molecule has 1 aliphatic heterocycles. The first-order chi connectivity index (χ1) is 14.4. The van der Waals surface area contributed by atoms with E-state index in [1.165, 1.54) is 0 Å². The molecule has 0 spiro atoms. The molecule has 1 aromatic carbocycles. The fourth-order valence-electron chi connectivity index (χ4n) is 4.56. The molecule has 3 aromatic rings. The van der Waals surface area contributed by atoms with Crippen LogP contribution in [0.15, 0.2) is 24.3 Å². The molecule has 6 nitrogen and oxygen atoms in total. The number of pyridine rings is 1. The molecule has 0 aliphatic carbocycles. The summed E-state index contributed by atoms with van der Waals surface area (Å²) in [6, 6.07) is 8.29. The molecule has 2 aromatic heterocycles. The minimum absolute atomic E-state index is 0.253. The van der Waals surface area contributed by atoms with Gasteiger partial charge in [-0.2, -0.15) is 0 Å². The van der Waals surface area contributed by atoms with Gasteiger partial charge in [-0.25, -0.2) is 9.97 Å². The number of aryl methyl sites for hydroxylation is 1. The van der Waals surface area contributed by atoms with E-state index < -0.39 is 0 Å². The summed E-state index contributed by atoms with van der Waals surface area (Å²) >= 11 is 0. The Hall–Kier alpha value is -2.18. The number of nitrogen functional groups attached to an aromatic ring is 1. The third-order valence-corrected chi connectivity index (χ3v) is 6.40. The lowest BCUT2D eigenvalue weighted by atomic mass is 10.1. The van der Waals surface area contributed by atoms with E-state index in [-0.39, 0.29) is 5.54 Å². The van der Waals surface area contributed by atoms with Gasteiger partial charge in [0, 0.05) is 56.6 Å². The van der Waals surface area contributed by atoms with Crippen molar-refractivity contribution in [1.29, 1.82) is 0 Å². The molecule has 162 valence electrons. The Balaban J connectivity index is 1.62. The molecule has 0 radical (unpaired) electrons. The van der Waals surface area contributed by atoms with Crippen molar-refractivity contribution in [2.75, 3.05) is 38.5 Å². The van der Waals surface area contributed by atoms with E-state index in [1.807, 2.05) is 12.1 Å². The van der Waals surface area contributed by atoms with Crippen LogP contribution in [-0.2, 0) is 13.0 Å². The van der Waals surface area contributed by atoms with E-state index in [0.29, 0.717) is 5.82 Å². The number of nitrogens with two attached hydrogens (primary N) is 1. The Morgan fingerprint density at radius 3 is 2.43 bits per heavy atom. The molecule has 1 aliphatic rings. The largest absolute Gasteiger partial charge is 0.382 e. The van der Waals surface area contributed by atoms with Crippen LogP contribution in [0.25, 0.3) is 21.9 Å². The molecule has 30 heavy (non-hydrogen) atoms. The number of imidazole rings is 1. The number of rotatable bonds is 6. The first-order valence-electron chi connectivity index (χ1n) is 11.4. The molecule has 0 bridgehead atoms. The van der Waals surface area contributed by atoms with E-state index in [0.717, 1.165) is 86.3 Å². The maximum Gasteiger partial charge on any atom is 0.152 e. The zero-order chi connectivity index (χ0) is 21.3. The van der Waals surface area contributed by atoms with E-state index in [4.69, 9.17) is 10.7 Å². The Morgan fingerprint density at radius 2 is 1.73 bits per heavy atom. The molecular formula is C24H36N6. The van der Waals surface area contributed by atoms with Crippen LogP contribution in [0.3, 0.4) is 0 Å². The van der Waals surface area contributed by atoms with Crippen molar-refractivity contribution in [2.24, 2.45) is 0 Å². The minimum atomic E-state index is 0.253. The zero-order valence-corrected chi connectivity index (χ0v) is 19.0. The number of benzene rings is 1. The summed E-state index contributed by atoms with van der Waals surface area (Å²) in [4.78, 5) is 14.7. The highest BCUT2D eigenvalue weighted by Crippen LogP contribution is 2.29. The average molecular weight is 409 g/mol. The topological polar surface area (TPSA) is 63.2 Å². The third-order valence-electron chi connectivity index (χ3n) is 6.40. The predicted octanol–water partition coefficient (Wildman–Crippen LogP) is 3.93. The second kappa shape index (κ2) is 8.52. The van der Waals surface area contributed by atoms with E-state index in [9.17, 15) is 0 Å². The van der Waals surface area contributed by atoms with Crippen LogP contribution in [0, 0.1) is 0 Å². The molecular weight excluding hydrogens is 372 g/mol. The van der Waals surface area contributed by atoms with Gasteiger partial charge in [0.05, 0.1) is 11.0 Å². The highest BCUT2D eigenvalue weighted by Gasteiger charge is 2.26. The van der Waals surface area contributed by atoms with Gasteiger partial charge in [0.25, 0.3) is 0 Å². The van der Waals surface area contributed by atoms with Gasteiger partial charge in [0.1, 0.15) is 11.3 Å². The number of para-hydroxylation sites is 1. The van der Waals surface area contributed by atoms with Crippen molar-refractivity contribution >= 4 is 27.8 Å². The average Bonchev–Trinajstić information content (AvgIpc) is 3.10. The summed E-state index contributed by atoms with van der Waals surface area (Å²) in [5, 5.41) is 1.15. The van der Waals surface area contributed by atoms with Gasteiger partial charge >= 0.3 is 0 Å². The number of nitrogens with zero attached hydrogens (tertiary/aromatic N) is 5. The normalized spacial score (nSPS) is 16.7. The van der Waals surface area contributed by atoms with E-state index in [2.05, 4.69) is 59.2 Å². The summed E-state index contributed by atoms with van der Waals surface area (Å²) in [5.74, 6) is 1.68. The molecule has 1 saturated heterocycles. The molecule has 0 atom stereocenters. The van der Waals surface area contributed by atoms with Gasteiger partial charge in [-0.1, -0.05) is 31.5 Å². The van der Waals surface area contributed by atoms with E-state index >= 15 is 0 Å². The van der Waals surface area contributed by atoms with Gasteiger partial charge in [-0.15, -0.1) is 0 Å². The number of unbranched alkanes of at least 4 members (excludes halogenated alkanes) is 1. The first-order valence-corrected chi connectivity index (χ1v) is 11.4. The van der Waals surface area contributed by atoms with Crippen LogP contribution in [0.2, 0.25) is 0 Å². The summed E-state index contributed by atoms with van der Waals surface area (Å²) in [7, 11) is 0. The monoisotopic (exact) mass is 408 g/mol. The summed E-state index contributed by atoms with van der Waals surface area (Å²) in [6.07, 6.45) is 3.28. The first kappa shape index (κ1) is 21.1. The predicted molar refractivity (Wildman–Crippen MR) is 126 cm³/mol. The molecule has 1 fully saturated rings. The number of anilines is 1. The highest BCUT2D eigenvalue weighted by atomic mass is 15.3. The van der Waals surface area contributed by atoms with Crippen molar-refractivity contribution in [3.8, 4) is 0 Å². The second-order valence-corrected chi connectivity index (χ2v) is 9.49. The molecule has 0 amide bonds. The van der Waals surface area contributed by atoms with Crippen LogP contribution >= 0.6 is 0 Å². The van der Waals surface area contributed by atoms with Gasteiger partial charge in [-0.05, 0) is 33.3 Å². The lowest BCUT2D eigenvalue weighted by molar-refractivity contribution is 0.0609.